The van der Waals surface area contributed by atoms with E-state index in [2.05, 4.69) is 99.7 Å². The zero-order chi connectivity index (χ0) is 21.3. The Labute approximate surface area is 187 Å². The molecule has 2 atom stereocenters. The average molecular weight is 423 g/mol. The van der Waals surface area contributed by atoms with Crippen LogP contribution in [0.2, 0.25) is 0 Å². The Kier molecular flexibility index (Phi) is 3.99. The molecule has 0 saturated carbocycles. The van der Waals surface area contributed by atoms with Gasteiger partial charge in [-0.05, 0) is 46.0 Å². The lowest BCUT2D eigenvalue weighted by Gasteiger charge is -2.35. The number of hydrazine groups is 1. The summed E-state index contributed by atoms with van der Waals surface area (Å²) in [6.45, 7) is 6.90. The van der Waals surface area contributed by atoms with Crippen LogP contribution >= 0.6 is 11.3 Å². The molecule has 1 heterocycles. The van der Waals surface area contributed by atoms with Gasteiger partial charge in [-0.3, -0.25) is 0 Å². The fourth-order valence-corrected chi connectivity index (χ4v) is 6.87. The lowest BCUT2D eigenvalue weighted by molar-refractivity contribution is 0.521. The van der Waals surface area contributed by atoms with Crippen molar-refractivity contribution in [2.45, 2.75) is 32.2 Å². The van der Waals surface area contributed by atoms with Crippen molar-refractivity contribution >= 4 is 33.2 Å². The molecule has 0 bridgehead atoms. The SMILES string of the molecule is CC1C=Cc2c(sc3ccccc23)C1N(N)c1ccc2c(c1)C(C)(C)c1ccccc1-2. The molecular weight excluding hydrogens is 396 g/mol. The molecule has 3 aromatic carbocycles. The van der Waals surface area contributed by atoms with Crippen molar-refractivity contribution in [3.8, 4) is 11.1 Å². The third kappa shape index (κ3) is 2.60. The summed E-state index contributed by atoms with van der Waals surface area (Å²) in [4.78, 5) is 1.36. The highest BCUT2D eigenvalue weighted by Gasteiger charge is 2.36. The zero-order valence-corrected chi connectivity index (χ0v) is 18.9. The van der Waals surface area contributed by atoms with Crippen LogP contribution < -0.4 is 10.9 Å². The molecule has 0 fully saturated rings. The molecule has 0 saturated heterocycles. The average Bonchev–Trinajstić information content (AvgIpc) is 3.26. The van der Waals surface area contributed by atoms with Crippen LogP contribution in [0.1, 0.15) is 48.4 Å². The number of fused-ring (bicyclic) bond motifs is 6. The third-order valence-corrected chi connectivity index (χ3v) is 8.42. The highest BCUT2D eigenvalue weighted by atomic mass is 32.1. The summed E-state index contributed by atoms with van der Waals surface area (Å²) in [6, 6.07) is 24.3. The molecule has 154 valence electrons. The normalized spacial score (nSPS) is 20.4. The molecule has 6 rings (SSSR count). The number of rotatable bonds is 2. The van der Waals surface area contributed by atoms with Gasteiger partial charge in [-0.2, -0.15) is 0 Å². The van der Waals surface area contributed by atoms with Crippen LogP contribution in [0.15, 0.2) is 72.8 Å². The molecule has 0 amide bonds. The Bertz CT molecular complexity index is 1360. The Balaban J connectivity index is 1.46. The van der Waals surface area contributed by atoms with Gasteiger partial charge in [0.25, 0.3) is 0 Å². The quantitative estimate of drug-likeness (QED) is 0.271. The fraction of sp³-hybridized carbons (Fsp3) is 0.214. The first-order valence-corrected chi connectivity index (χ1v) is 11.8. The lowest BCUT2D eigenvalue weighted by Crippen LogP contribution is -2.39. The van der Waals surface area contributed by atoms with Crippen LogP contribution in [0.4, 0.5) is 5.69 Å². The predicted octanol–water partition coefficient (Wildman–Crippen LogP) is 7.29. The monoisotopic (exact) mass is 422 g/mol. The molecule has 0 spiro atoms. The molecule has 2 unspecified atom stereocenters. The van der Waals surface area contributed by atoms with Gasteiger partial charge in [0, 0.05) is 26.3 Å². The van der Waals surface area contributed by atoms with Crippen molar-refractivity contribution in [2.75, 3.05) is 5.01 Å². The summed E-state index contributed by atoms with van der Waals surface area (Å²) in [5.41, 5.74) is 7.81. The maximum atomic E-state index is 6.89. The van der Waals surface area contributed by atoms with Gasteiger partial charge in [0.15, 0.2) is 0 Å². The Morgan fingerprint density at radius 2 is 1.65 bits per heavy atom. The van der Waals surface area contributed by atoms with Crippen LogP contribution in [-0.4, -0.2) is 0 Å². The zero-order valence-electron chi connectivity index (χ0n) is 18.1. The Hall–Kier alpha value is -2.88. The Morgan fingerprint density at radius 3 is 2.52 bits per heavy atom. The summed E-state index contributed by atoms with van der Waals surface area (Å²) in [7, 11) is 0. The number of nitrogens with two attached hydrogens (primary N) is 1. The van der Waals surface area contributed by atoms with Gasteiger partial charge in [-0.25, -0.2) is 5.84 Å². The van der Waals surface area contributed by atoms with Crippen molar-refractivity contribution in [2.24, 2.45) is 11.8 Å². The summed E-state index contributed by atoms with van der Waals surface area (Å²) >= 11 is 1.88. The van der Waals surface area contributed by atoms with E-state index in [-0.39, 0.29) is 11.5 Å². The fourth-order valence-electron chi connectivity index (χ4n) is 5.46. The van der Waals surface area contributed by atoms with Crippen LogP contribution in [0.25, 0.3) is 27.3 Å². The van der Waals surface area contributed by atoms with Gasteiger partial charge in [-0.15, -0.1) is 11.3 Å². The van der Waals surface area contributed by atoms with E-state index in [1.807, 2.05) is 16.3 Å². The second-order valence-corrected chi connectivity index (χ2v) is 10.4. The molecule has 1 aromatic heterocycles. The van der Waals surface area contributed by atoms with Crippen molar-refractivity contribution in [1.29, 1.82) is 0 Å². The summed E-state index contributed by atoms with van der Waals surface area (Å²) in [5.74, 6) is 7.23. The first-order valence-electron chi connectivity index (χ1n) is 10.9. The molecular formula is C28H26N2S. The van der Waals surface area contributed by atoms with E-state index in [0.29, 0.717) is 5.92 Å². The van der Waals surface area contributed by atoms with Gasteiger partial charge in [0.2, 0.25) is 0 Å². The number of thiophene rings is 1. The van der Waals surface area contributed by atoms with E-state index in [0.717, 1.165) is 5.69 Å². The number of hydrogen-bond donors (Lipinski definition) is 1. The first kappa shape index (κ1) is 18.9. The smallest absolute Gasteiger partial charge is 0.0860 e. The number of nitrogens with zero attached hydrogens (tertiary/aromatic N) is 1. The number of anilines is 1. The van der Waals surface area contributed by atoms with Crippen molar-refractivity contribution in [3.63, 3.8) is 0 Å². The number of benzene rings is 3. The largest absolute Gasteiger partial charge is 0.302 e. The standard InChI is InChI=1S/C28H26N2S/c1-17-12-14-22-21-9-5-7-11-25(21)31-27(22)26(17)30(29)18-13-15-20-19-8-4-6-10-23(19)28(2,3)24(20)16-18/h4-17,26H,29H2,1-3H3. The first-order chi connectivity index (χ1) is 15.0. The van der Waals surface area contributed by atoms with Gasteiger partial charge < -0.3 is 5.01 Å². The van der Waals surface area contributed by atoms with E-state index in [1.54, 1.807) is 0 Å². The second kappa shape index (κ2) is 6.56. The van der Waals surface area contributed by atoms with E-state index in [9.17, 15) is 0 Å². The molecule has 3 heteroatoms. The Morgan fingerprint density at radius 1 is 0.903 bits per heavy atom. The van der Waals surface area contributed by atoms with Crippen molar-refractivity contribution in [3.05, 3.63) is 94.4 Å². The van der Waals surface area contributed by atoms with Gasteiger partial charge in [-0.1, -0.05) is 81.5 Å². The van der Waals surface area contributed by atoms with Crippen LogP contribution in [0.3, 0.4) is 0 Å². The maximum absolute atomic E-state index is 6.89. The number of hydrogen-bond acceptors (Lipinski definition) is 3. The summed E-state index contributed by atoms with van der Waals surface area (Å²) < 4.78 is 1.33. The van der Waals surface area contributed by atoms with Crippen molar-refractivity contribution in [1.82, 2.24) is 0 Å². The predicted molar refractivity (Wildman–Crippen MR) is 133 cm³/mol. The maximum Gasteiger partial charge on any atom is 0.0860 e. The van der Waals surface area contributed by atoms with E-state index < -0.39 is 0 Å². The molecule has 0 aliphatic heterocycles. The summed E-state index contributed by atoms with van der Waals surface area (Å²) in [6.07, 6.45) is 4.59. The van der Waals surface area contributed by atoms with Crippen LogP contribution in [-0.2, 0) is 5.41 Å². The van der Waals surface area contributed by atoms with E-state index in [1.165, 1.54) is 42.8 Å². The minimum Gasteiger partial charge on any atom is -0.302 e. The van der Waals surface area contributed by atoms with Gasteiger partial charge in [0.05, 0.1) is 11.7 Å². The third-order valence-electron chi connectivity index (χ3n) is 7.16. The molecule has 2 aliphatic rings. The minimum atomic E-state index is -0.0242. The molecule has 2 aliphatic carbocycles. The molecule has 31 heavy (non-hydrogen) atoms. The second-order valence-electron chi connectivity index (χ2n) is 9.35. The lowest BCUT2D eigenvalue weighted by atomic mass is 9.82. The van der Waals surface area contributed by atoms with E-state index in [4.69, 9.17) is 5.84 Å². The topological polar surface area (TPSA) is 29.3 Å². The van der Waals surface area contributed by atoms with Crippen LogP contribution in [0.5, 0.6) is 0 Å². The molecule has 4 aromatic rings. The minimum absolute atomic E-state index is 0.0242. The van der Waals surface area contributed by atoms with Gasteiger partial charge in [0.1, 0.15) is 0 Å². The highest BCUT2D eigenvalue weighted by molar-refractivity contribution is 7.19. The van der Waals surface area contributed by atoms with Gasteiger partial charge >= 0.3 is 0 Å². The molecule has 0 radical (unpaired) electrons. The molecule has 2 nitrogen and oxygen atoms in total. The summed E-state index contributed by atoms with van der Waals surface area (Å²) in [5, 5.41) is 3.33. The van der Waals surface area contributed by atoms with E-state index >= 15 is 0 Å². The highest BCUT2D eigenvalue weighted by Crippen LogP contribution is 2.50. The molecule has 2 N–H and O–H groups in total. The van der Waals surface area contributed by atoms with Crippen molar-refractivity contribution < 1.29 is 0 Å². The van der Waals surface area contributed by atoms with Crippen LogP contribution in [0, 0.1) is 5.92 Å².